The van der Waals surface area contributed by atoms with Crippen LogP contribution in [0.15, 0.2) is 4.47 Å². The maximum absolute atomic E-state index is 10.7. The molecule has 2 rings (SSSR count). The summed E-state index contributed by atoms with van der Waals surface area (Å²) in [6, 6.07) is 0. The minimum absolute atomic E-state index is 0.136. The van der Waals surface area contributed by atoms with E-state index in [-0.39, 0.29) is 5.69 Å². The van der Waals surface area contributed by atoms with Crippen LogP contribution in [0.25, 0.3) is 0 Å². The second-order valence-corrected chi connectivity index (χ2v) is 3.89. The summed E-state index contributed by atoms with van der Waals surface area (Å²) in [5.41, 5.74) is 1.15. The average molecular weight is 245 g/mol. The summed E-state index contributed by atoms with van der Waals surface area (Å²) >= 11 is 3.27. The summed E-state index contributed by atoms with van der Waals surface area (Å²) in [5, 5.41) is 12.8. The van der Waals surface area contributed by atoms with Crippen LogP contribution in [0.3, 0.4) is 0 Å². The lowest BCUT2D eigenvalue weighted by atomic mass is 10.1. The van der Waals surface area contributed by atoms with Crippen LogP contribution in [0.1, 0.15) is 29.0 Å². The van der Waals surface area contributed by atoms with E-state index in [9.17, 15) is 4.79 Å². The molecular formula is C8H9BrN2O2. The van der Waals surface area contributed by atoms with Crippen molar-refractivity contribution in [3.8, 4) is 0 Å². The molecule has 1 aromatic heterocycles. The van der Waals surface area contributed by atoms with Crippen LogP contribution in [-0.4, -0.2) is 20.9 Å². The third-order valence-corrected chi connectivity index (χ3v) is 3.06. The molecule has 1 aliphatic heterocycles. The Balaban J connectivity index is 2.50. The van der Waals surface area contributed by atoms with Gasteiger partial charge >= 0.3 is 5.97 Å². The molecule has 1 N–H and O–H groups in total. The standard InChI is InChI=1S/C8H9BrN2O2/c9-6-5-3-1-2-4-11(5)10-7(6)8(12)13/h1-4H2,(H,12,13). The highest BCUT2D eigenvalue weighted by molar-refractivity contribution is 9.10. The highest BCUT2D eigenvalue weighted by Crippen LogP contribution is 2.26. The first-order chi connectivity index (χ1) is 6.20. The molecule has 0 aliphatic carbocycles. The molecule has 13 heavy (non-hydrogen) atoms. The fourth-order valence-corrected chi connectivity index (χ4v) is 2.24. The topological polar surface area (TPSA) is 55.1 Å². The van der Waals surface area contributed by atoms with Gasteiger partial charge in [0.05, 0.1) is 10.2 Å². The summed E-state index contributed by atoms with van der Waals surface area (Å²) < 4.78 is 2.44. The van der Waals surface area contributed by atoms with E-state index >= 15 is 0 Å². The molecule has 70 valence electrons. The Kier molecular flexibility index (Phi) is 2.11. The quantitative estimate of drug-likeness (QED) is 0.818. The summed E-state index contributed by atoms with van der Waals surface area (Å²) in [5.74, 6) is -0.964. The van der Waals surface area contributed by atoms with Crippen LogP contribution in [0.2, 0.25) is 0 Å². The number of aromatic nitrogens is 2. The van der Waals surface area contributed by atoms with Crippen LogP contribution in [0.5, 0.6) is 0 Å². The van der Waals surface area contributed by atoms with Crippen LogP contribution in [-0.2, 0) is 13.0 Å². The second-order valence-electron chi connectivity index (χ2n) is 3.09. The van der Waals surface area contributed by atoms with Crippen molar-refractivity contribution in [2.24, 2.45) is 0 Å². The van der Waals surface area contributed by atoms with E-state index in [1.807, 2.05) is 0 Å². The Hall–Kier alpha value is -0.840. The molecule has 0 radical (unpaired) electrons. The normalized spacial score (nSPS) is 15.5. The molecule has 1 aromatic rings. The fraction of sp³-hybridized carbons (Fsp3) is 0.500. The SMILES string of the molecule is O=C(O)c1nn2c(c1Br)CCCC2. The zero-order chi connectivity index (χ0) is 9.42. The summed E-state index contributed by atoms with van der Waals surface area (Å²) in [6.07, 6.45) is 3.12. The summed E-state index contributed by atoms with van der Waals surface area (Å²) in [4.78, 5) is 10.7. The van der Waals surface area contributed by atoms with Crippen molar-refractivity contribution >= 4 is 21.9 Å². The van der Waals surface area contributed by atoms with E-state index in [0.717, 1.165) is 31.5 Å². The molecule has 2 heterocycles. The van der Waals surface area contributed by atoms with Crippen molar-refractivity contribution in [2.45, 2.75) is 25.8 Å². The van der Waals surface area contributed by atoms with Gasteiger partial charge in [0.1, 0.15) is 0 Å². The van der Waals surface area contributed by atoms with Gasteiger partial charge in [0, 0.05) is 6.54 Å². The van der Waals surface area contributed by atoms with Gasteiger partial charge in [-0.05, 0) is 35.2 Å². The van der Waals surface area contributed by atoms with E-state index in [1.165, 1.54) is 0 Å². The van der Waals surface area contributed by atoms with Crippen LogP contribution < -0.4 is 0 Å². The number of carboxylic acid groups (broad SMARTS) is 1. The van der Waals surface area contributed by atoms with Crippen molar-refractivity contribution in [1.82, 2.24) is 9.78 Å². The fourth-order valence-electron chi connectivity index (χ4n) is 1.59. The first kappa shape index (κ1) is 8.74. The Morgan fingerprint density at radius 2 is 2.31 bits per heavy atom. The predicted octanol–water partition coefficient (Wildman–Crippen LogP) is 1.68. The first-order valence-corrected chi connectivity index (χ1v) is 4.98. The molecule has 0 spiro atoms. The van der Waals surface area contributed by atoms with Crippen LogP contribution in [0.4, 0.5) is 0 Å². The number of hydrogen-bond donors (Lipinski definition) is 1. The number of halogens is 1. The zero-order valence-electron chi connectivity index (χ0n) is 6.96. The number of aromatic carboxylic acids is 1. The van der Waals surface area contributed by atoms with Gasteiger partial charge in [-0.2, -0.15) is 5.10 Å². The molecule has 0 aromatic carbocycles. The molecule has 4 nitrogen and oxygen atoms in total. The maximum Gasteiger partial charge on any atom is 0.357 e. The van der Waals surface area contributed by atoms with E-state index < -0.39 is 5.97 Å². The number of hydrogen-bond acceptors (Lipinski definition) is 2. The van der Waals surface area contributed by atoms with Crippen LogP contribution in [0, 0.1) is 0 Å². The van der Waals surface area contributed by atoms with Gasteiger partial charge in [-0.25, -0.2) is 4.79 Å². The molecule has 5 heteroatoms. The Morgan fingerprint density at radius 1 is 1.54 bits per heavy atom. The maximum atomic E-state index is 10.7. The van der Waals surface area contributed by atoms with Gasteiger partial charge < -0.3 is 5.11 Å². The van der Waals surface area contributed by atoms with Crippen molar-refractivity contribution in [3.05, 3.63) is 15.9 Å². The van der Waals surface area contributed by atoms with Crippen molar-refractivity contribution < 1.29 is 9.90 Å². The first-order valence-electron chi connectivity index (χ1n) is 4.18. The molecule has 1 aliphatic rings. The third kappa shape index (κ3) is 1.37. The number of carboxylic acids is 1. The minimum Gasteiger partial charge on any atom is -0.476 e. The molecule has 0 amide bonds. The minimum atomic E-state index is -0.964. The zero-order valence-corrected chi connectivity index (χ0v) is 8.54. The number of carbonyl (C=O) groups is 1. The molecule has 0 fully saturated rings. The monoisotopic (exact) mass is 244 g/mol. The van der Waals surface area contributed by atoms with E-state index in [4.69, 9.17) is 5.11 Å². The number of aryl methyl sites for hydroxylation is 1. The lowest BCUT2D eigenvalue weighted by molar-refractivity contribution is 0.0688. The van der Waals surface area contributed by atoms with Gasteiger partial charge in [-0.3, -0.25) is 4.68 Å². The number of rotatable bonds is 1. The molecular weight excluding hydrogens is 236 g/mol. The van der Waals surface area contributed by atoms with Gasteiger partial charge in [0.25, 0.3) is 0 Å². The predicted molar refractivity (Wildman–Crippen MR) is 49.8 cm³/mol. The van der Waals surface area contributed by atoms with Gasteiger partial charge in [-0.15, -0.1) is 0 Å². The average Bonchev–Trinajstić information content (AvgIpc) is 2.45. The lowest BCUT2D eigenvalue weighted by Crippen LogP contribution is -2.11. The van der Waals surface area contributed by atoms with E-state index in [2.05, 4.69) is 21.0 Å². The van der Waals surface area contributed by atoms with Crippen LogP contribution >= 0.6 is 15.9 Å². The summed E-state index contributed by atoms with van der Waals surface area (Å²) in [7, 11) is 0. The van der Waals surface area contributed by atoms with Gasteiger partial charge in [-0.1, -0.05) is 0 Å². The Bertz CT molecular complexity index is 359. The molecule has 0 atom stereocenters. The third-order valence-electron chi connectivity index (χ3n) is 2.23. The van der Waals surface area contributed by atoms with Crippen molar-refractivity contribution in [1.29, 1.82) is 0 Å². The smallest absolute Gasteiger partial charge is 0.357 e. The summed E-state index contributed by atoms with van der Waals surface area (Å²) in [6.45, 7) is 0.835. The molecule has 0 saturated heterocycles. The molecule has 0 bridgehead atoms. The van der Waals surface area contributed by atoms with Crippen molar-refractivity contribution in [3.63, 3.8) is 0 Å². The Morgan fingerprint density at radius 3 is 2.92 bits per heavy atom. The van der Waals surface area contributed by atoms with E-state index in [0.29, 0.717) is 4.47 Å². The van der Waals surface area contributed by atoms with Crippen molar-refractivity contribution in [2.75, 3.05) is 0 Å². The number of nitrogens with zero attached hydrogens (tertiary/aromatic N) is 2. The highest BCUT2D eigenvalue weighted by Gasteiger charge is 2.22. The largest absolute Gasteiger partial charge is 0.476 e. The van der Waals surface area contributed by atoms with Gasteiger partial charge in [0.2, 0.25) is 0 Å². The second kappa shape index (κ2) is 3.14. The molecule has 0 unspecified atom stereocenters. The highest BCUT2D eigenvalue weighted by atomic mass is 79.9. The molecule has 0 saturated carbocycles. The lowest BCUT2D eigenvalue weighted by Gasteiger charge is -2.12. The van der Waals surface area contributed by atoms with Gasteiger partial charge in [0.15, 0.2) is 5.69 Å². The van der Waals surface area contributed by atoms with E-state index in [1.54, 1.807) is 4.68 Å². The number of fused-ring (bicyclic) bond motifs is 1. The Labute approximate surface area is 83.7 Å².